The molecule has 1 fully saturated rings. The van der Waals surface area contributed by atoms with Crippen LogP contribution in [0.1, 0.15) is 43.2 Å². The first kappa shape index (κ1) is 27.0. The average molecular weight is 564 g/mol. The van der Waals surface area contributed by atoms with Crippen LogP contribution in [0.25, 0.3) is 21.3 Å². The van der Waals surface area contributed by atoms with Crippen molar-refractivity contribution in [1.29, 1.82) is 0 Å². The van der Waals surface area contributed by atoms with Gasteiger partial charge in [0.25, 0.3) is 0 Å². The van der Waals surface area contributed by atoms with E-state index in [0.29, 0.717) is 17.3 Å². The first-order chi connectivity index (χ1) is 18.5. The fraction of sp³-hybridized carbons (Fsp3) is 0.276. The highest BCUT2D eigenvalue weighted by Crippen LogP contribution is 2.39. The maximum Gasteiger partial charge on any atom is 0.454 e. The number of ether oxygens (including phenoxy) is 1. The molecule has 0 saturated heterocycles. The second-order valence-corrected chi connectivity index (χ2v) is 10.6. The average Bonchev–Trinajstić information content (AvgIpc) is 3.31. The molecule has 0 aliphatic heterocycles. The van der Waals surface area contributed by atoms with Gasteiger partial charge in [0.05, 0.1) is 15.8 Å². The molecule has 202 valence electrons. The van der Waals surface area contributed by atoms with Crippen LogP contribution < -0.4 is 4.74 Å². The molecule has 1 saturated carbocycles. The van der Waals surface area contributed by atoms with E-state index in [-0.39, 0.29) is 45.0 Å². The van der Waals surface area contributed by atoms with Crippen LogP contribution in [0.2, 0.25) is 0 Å². The first-order valence-corrected chi connectivity index (χ1v) is 12.9. The van der Waals surface area contributed by atoms with Crippen molar-refractivity contribution in [1.82, 2.24) is 4.98 Å². The van der Waals surface area contributed by atoms with E-state index in [4.69, 9.17) is 0 Å². The Balaban J connectivity index is 1.40. The molecule has 0 radical (unpaired) electrons. The molecule has 4 aromatic rings. The summed E-state index contributed by atoms with van der Waals surface area (Å²) in [4.78, 5) is 3.79. The first-order valence-electron chi connectivity index (χ1n) is 12.1. The molecule has 5 rings (SSSR count). The summed E-state index contributed by atoms with van der Waals surface area (Å²) in [5, 5.41) is -0.872. The Morgan fingerprint density at radius 1 is 0.872 bits per heavy atom. The molecule has 0 bridgehead atoms. The van der Waals surface area contributed by atoms with Gasteiger partial charge < -0.3 is 4.74 Å². The number of fused-ring (bicyclic) bond motifs is 1. The third-order valence-electron chi connectivity index (χ3n) is 6.61. The van der Waals surface area contributed by atoms with E-state index in [1.54, 1.807) is 0 Å². The number of aromatic nitrogens is 1. The molecule has 0 amide bonds. The lowest BCUT2D eigenvalue weighted by Gasteiger charge is -2.21. The SMILES string of the molecule is CC1CCC(C#Cc2cc(F)c(-c3ccc4nc(C(F)(F)Oc5cc(F)c(F)c(F)c5)sc4c3)c(F)c2)CC1. The van der Waals surface area contributed by atoms with Crippen LogP contribution in [0.15, 0.2) is 42.5 Å². The normalized spacial score (nSPS) is 17.6. The lowest BCUT2D eigenvalue weighted by Crippen LogP contribution is -2.21. The number of thiazole rings is 1. The molecular formula is C29H20F7NOS. The van der Waals surface area contributed by atoms with Gasteiger partial charge in [-0.15, -0.1) is 11.3 Å². The van der Waals surface area contributed by atoms with E-state index in [1.165, 1.54) is 18.2 Å². The zero-order chi connectivity index (χ0) is 27.9. The van der Waals surface area contributed by atoms with Crippen LogP contribution in [0.4, 0.5) is 30.7 Å². The Morgan fingerprint density at radius 3 is 2.15 bits per heavy atom. The number of rotatable bonds is 4. The minimum absolute atomic E-state index is 0.0867. The highest BCUT2D eigenvalue weighted by atomic mass is 32.1. The second kappa shape index (κ2) is 10.5. The Morgan fingerprint density at radius 2 is 1.51 bits per heavy atom. The molecule has 39 heavy (non-hydrogen) atoms. The number of hydrogen-bond acceptors (Lipinski definition) is 3. The predicted molar refractivity (Wildman–Crippen MR) is 134 cm³/mol. The van der Waals surface area contributed by atoms with Gasteiger partial charge in [-0.25, -0.2) is 26.9 Å². The van der Waals surface area contributed by atoms with Crippen LogP contribution in [-0.4, -0.2) is 4.98 Å². The van der Waals surface area contributed by atoms with Gasteiger partial charge in [-0.05, 0) is 61.4 Å². The van der Waals surface area contributed by atoms with Crippen molar-refractivity contribution < 1.29 is 35.5 Å². The molecule has 0 atom stereocenters. The highest BCUT2D eigenvalue weighted by molar-refractivity contribution is 7.18. The second-order valence-electron chi connectivity index (χ2n) is 9.56. The Bertz CT molecular complexity index is 1570. The molecule has 1 aromatic heterocycles. The molecule has 1 aliphatic carbocycles. The summed E-state index contributed by atoms with van der Waals surface area (Å²) in [5.74, 6) is -1.04. The molecule has 3 aromatic carbocycles. The molecule has 1 heterocycles. The zero-order valence-electron chi connectivity index (χ0n) is 20.4. The Hall–Kier alpha value is -3.58. The third-order valence-corrected chi connectivity index (χ3v) is 7.68. The number of benzene rings is 3. The van der Waals surface area contributed by atoms with Crippen molar-refractivity contribution in [3.63, 3.8) is 0 Å². The van der Waals surface area contributed by atoms with Gasteiger partial charge >= 0.3 is 6.11 Å². The standard InChI is InChI=1S/C29H20F7NOS/c1-15-2-4-16(5-3-15)6-7-17-10-20(30)26(21(31)11-17)18-8-9-24-25(12-18)39-28(37-24)29(35,36)38-19-13-22(32)27(34)23(33)14-19/h8-16H,2-5H2,1H3. The van der Waals surface area contributed by atoms with Crippen molar-refractivity contribution >= 4 is 21.6 Å². The molecule has 10 heteroatoms. The van der Waals surface area contributed by atoms with E-state index in [2.05, 4.69) is 28.5 Å². The maximum absolute atomic E-state index is 15.0. The Kier molecular flexibility index (Phi) is 7.29. The van der Waals surface area contributed by atoms with Crippen molar-refractivity contribution in [2.24, 2.45) is 11.8 Å². The molecule has 0 spiro atoms. The lowest BCUT2D eigenvalue weighted by molar-refractivity contribution is -0.185. The molecule has 0 N–H and O–H groups in total. The van der Waals surface area contributed by atoms with Gasteiger partial charge in [0, 0.05) is 23.6 Å². The van der Waals surface area contributed by atoms with E-state index < -0.39 is 46.0 Å². The van der Waals surface area contributed by atoms with E-state index in [9.17, 15) is 30.7 Å². The summed E-state index contributed by atoms with van der Waals surface area (Å²) in [5.41, 5.74) is 0.0483. The molecular weight excluding hydrogens is 543 g/mol. The molecule has 2 nitrogen and oxygen atoms in total. The van der Waals surface area contributed by atoms with Gasteiger partial charge in [0.2, 0.25) is 5.01 Å². The lowest BCUT2D eigenvalue weighted by atomic mass is 9.83. The number of nitrogens with zero attached hydrogens (tertiary/aromatic N) is 1. The van der Waals surface area contributed by atoms with Crippen molar-refractivity contribution in [3.05, 3.63) is 82.1 Å². The van der Waals surface area contributed by atoms with E-state index in [0.717, 1.165) is 37.8 Å². The van der Waals surface area contributed by atoms with Gasteiger partial charge in [0.1, 0.15) is 17.4 Å². The van der Waals surface area contributed by atoms with Crippen LogP contribution in [0.5, 0.6) is 5.75 Å². The fourth-order valence-electron chi connectivity index (χ4n) is 4.50. The smallest absolute Gasteiger partial charge is 0.427 e. The van der Waals surface area contributed by atoms with Crippen molar-refractivity contribution in [2.75, 3.05) is 0 Å². The van der Waals surface area contributed by atoms with Crippen LogP contribution >= 0.6 is 11.3 Å². The minimum Gasteiger partial charge on any atom is -0.427 e. The summed E-state index contributed by atoms with van der Waals surface area (Å²) < 4.78 is 104. The van der Waals surface area contributed by atoms with Crippen molar-refractivity contribution in [3.8, 4) is 28.7 Å². The largest absolute Gasteiger partial charge is 0.454 e. The summed E-state index contributed by atoms with van der Waals surface area (Å²) in [6.07, 6.45) is -0.0756. The number of hydrogen-bond donors (Lipinski definition) is 0. The fourth-order valence-corrected chi connectivity index (χ4v) is 5.42. The predicted octanol–water partition coefficient (Wildman–Crippen LogP) is 8.96. The topological polar surface area (TPSA) is 22.1 Å². The van der Waals surface area contributed by atoms with Gasteiger partial charge in [-0.1, -0.05) is 24.8 Å². The summed E-state index contributed by atoms with van der Waals surface area (Å²) in [7, 11) is 0. The van der Waals surface area contributed by atoms with Crippen LogP contribution in [-0.2, 0) is 6.11 Å². The van der Waals surface area contributed by atoms with Crippen LogP contribution in [0.3, 0.4) is 0 Å². The van der Waals surface area contributed by atoms with E-state index >= 15 is 0 Å². The van der Waals surface area contributed by atoms with E-state index in [1.807, 2.05) is 0 Å². The highest BCUT2D eigenvalue weighted by Gasteiger charge is 2.39. The Labute approximate surface area is 223 Å². The molecule has 1 aliphatic rings. The van der Waals surface area contributed by atoms with Gasteiger partial charge in [0.15, 0.2) is 17.5 Å². The van der Waals surface area contributed by atoms with Gasteiger partial charge in [-0.3, -0.25) is 0 Å². The zero-order valence-corrected chi connectivity index (χ0v) is 21.3. The monoisotopic (exact) mass is 563 g/mol. The summed E-state index contributed by atoms with van der Waals surface area (Å²) >= 11 is 0.468. The number of halogens is 7. The quantitative estimate of drug-likeness (QED) is 0.141. The van der Waals surface area contributed by atoms with Crippen molar-refractivity contribution in [2.45, 2.75) is 38.7 Å². The maximum atomic E-state index is 15.0. The molecule has 0 unspecified atom stereocenters. The summed E-state index contributed by atoms with van der Waals surface area (Å²) in [6.45, 7) is 2.19. The van der Waals surface area contributed by atoms with Crippen LogP contribution in [0, 0.1) is 52.8 Å². The minimum atomic E-state index is -4.13. The van der Waals surface area contributed by atoms with Gasteiger partial charge in [-0.2, -0.15) is 8.78 Å². The number of alkyl halides is 2. The summed E-state index contributed by atoms with van der Waals surface area (Å²) in [6, 6.07) is 6.81. The third kappa shape index (κ3) is 5.74.